The summed E-state index contributed by atoms with van der Waals surface area (Å²) in [6, 6.07) is 1.86. The highest BCUT2D eigenvalue weighted by molar-refractivity contribution is 7.80. The van der Waals surface area contributed by atoms with Gasteiger partial charge < -0.3 is 11.1 Å². The smallest absolute Gasteiger partial charge is 0.134 e. The summed E-state index contributed by atoms with van der Waals surface area (Å²) in [7, 11) is 1.85. The number of nitrogens with one attached hydrogen (secondary N) is 1. The molecule has 6 nitrogen and oxygen atoms in total. The summed E-state index contributed by atoms with van der Waals surface area (Å²) in [5.41, 5.74) is 8.23. The standard InChI is InChI=1S/C12H16N6S/c1-7-10(11(13)19)12(18(3)17-7)15-6-9-4-5-14-8(2)16-9/h4-5,15H,6H2,1-3H3,(H2,13,19). The minimum atomic E-state index is 0.340. The van der Waals surface area contributed by atoms with E-state index in [1.807, 2.05) is 27.0 Å². The molecule has 2 heterocycles. The van der Waals surface area contributed by atoms with Crippen molar-refractivity contribution in [3.8, 4) is 0 Å². The van der Waals surface area contributed by atoms with Crippen LogP contribution in [0.1, 0.15) is 22.8 Å². The zero-order valence-corrected chi connectivity index (χ0v) is 12.0. The minimum absolute atomic E-state index is 0.340. The Morgan fingerprint density at radius 1 is 1.47 bits per heavy atom. The molecule has 0 fully saturated rings. The third kappa shape index (κ3) is 2.87. The van der Waals surface area contributed by atoms with E-state index in [1.54, 1.807) is 10.9 Å². The second-order valence-corrected chi connectivity index (χ2v) is 4.69. The Morgan fingerprint density at radius 2 is 2.21 bits per heavy atom. The van der Waals surface area contributed by atoms with E-state index < -0.39 is 0 Å². The van der Waals surface area contributed by atoms with Crippen molar-refractivity contribution in [2.45, 2.75) is 20.4 Å². The second kappa shape index (κ2) is 5.31. The molecular formula is C12H16N6S. The number of anilines is 1. The summed E-state index contributed by atoms with van der Waals surface area (Å²) in [6.45, 7) is 4.31. The summed E-state index contributed by atoms with van der Waals surface area (Å²) in [6.07, 6.45) is 1.74. The molecule has 0 saturated heterocycles. The van der Waals surface area contributed by atoms with E-state index in [4.69, 9.17) is 18.0 Å². The number of aromatic nitrogens is 4. The molecule has 100 valence electrons. The van der Waals surface area contributed by atoms with Gasteiger partial charge in [0.2, 0.25) is 0 Å². The van der Waals surface area contributed by atoms with Crippen LogP contribution in [0.2, 0.25) is 0 Å². The van der Waals surface area contributed by atoms with Gasteiger partial charge in [0.1, 0.15) is 16.6 Å². The minimum Gasteiger partial charge on any atom is -0.389 e. The van der Waals surface area contributed by atoms with Crippen molar-refractivity contribution in [2.24, 2.45) is 12.8 Å². The van der Waals surface area contributed by atoms with Crippen LogP contribution in [0.15, 0.2) is 12.3 Å². The molecule has 0 radical (unpaired) electrons. The number of rotatable bonds is 4. The largest absolute Gasteiger partial charge is 0.389 e. The van der Waals surface area contributed by atoms with E-state index in [0.29, 0.717) is 11.5 Å². The van der Waals surface area contributed by atoms with Gasteiger partial charge in [-0.3, -0.25) is 4.68 Å². The molecule has 0 aromatic carbocycles. The fourth-order valence-corrected chi connectivity index (χ4v) is 2.18. The number of thiocarbonyl (C=S) groups is 1. The topological polar surface area (TPSA) is 81.6 Å². The van der Waals surface area contributed by atoms with Crippen LogP contribution in [-0.4, -0.2) is 24.7 Å². The van der Waals surface area contributed by atoms with E-state index in [9.17, 15) is 0 Å². The van der Waals surface area contributed by atoms with E-state index in [2.05, 4.69) is 20.4 Å². The molecule has 0 amide bonds. The summed E-state index contributed by atoms with van der Waals surface area (Å²) in [4.78, 5) is 8.74. The Kier molecular flexibility index (Phi) is 3.75. The number of nitrogens with zero attached hydrogens (tertiary/aromatic N) is 4. The predicted octanol–water partition coefficient (Wildman–Crippen LogP) is 1.07. The van der Waals surface area contributed by atoms with Gasteiger partial charge in [-0.2, -0.15) is 5.10 Å². The Balaban J connectivity index is 2.22. The maximum atomic E-state index is 5.73. The van der Waals surface area contributed by atoms with E-state index in [-0.39, 0.29) is 0 Å². The van der Waals surface area contributed by atoms with Gasteiger partial charge in [-0.15, -0.1) is 0 Å². The van der Waals surface area contributed by atoms with Gasteiger partial charge in [0.05, 0.1) is 23.5 Å². The highest BCUT2D eigenvalue weighted by Crippen LogP contribution is 2.19. The Bertz CT molecular complexity index is 619. The lowest BCUT2D eigenvalue weighted by atomic mass is 10.2. The van der Waals surface area contributed by atoms with Crippen molar-refractivity contribution in [1.82, 2.24) is 19.7 Å². The lowest BCUT2D eigenvalue weighted by Gasteiger charge is -2.09. The van der Waals surface area contributed by atoms with Crippen molar-refractivity contribution in [1.29, 1.82) is 0 Å². The second-order valence-electron chi connectivity index (χ2n) is 4.25. The average molecular weight is 276 g/mol. The number of hydrogen-bond donors (Lipinski definition) is 2. The number of nitrogens with two attached hydrogens (primary N) is 1. The van der Waals surface area contributed by atoms with Crippen LogP contribution in [0.25, 0.3) is 0 Å². The van der Waals surface area contributed by atoms with Gasteiger partial charge in [0.15, 0.2) is 0 Å². The van der Waals surface area contributed by atoms with Crippen LogP contribution in [0.4, 0.5) is 5.82 Å². The molecule has 0 aliphatic carbocycles. The first kappa shape index (κ1) is 13.4. The first-order valence-corrected chi connectivity index (χ1v) is 6.25. The van der Waals surface area contributed by atoms with Crippen LogP contribution >= 0.6 is 12.2 Å². The van der Waals surface area contributed by atoms with Gasteiger partial charge in [0.25, 0.3) is 0 Å². The monoisotopic (exact) mass is 276 g/mol. The van der Waals surface area contributed by atoms with Crippen LogP contribution in [0.3, 0.4) is 0 Å². The zero-order chi connectivity index (χ0) is 14.0. The first-order valence-electron chi connectivity index (χ1n) is 5.85. The van der Waals surface area contributed by atoms with E-state index in [1.165, 1.54) is 0 Å². The number of aryl methyl sites for hydroxylation is 3. The lowest BCUT2D eigenvalue weighted by molar-refractivity contribution is 0.756. The molecular weight excluding hydrogens is 260 g/mol. The predicted molar refractivity (Wildman–Crippen MR) is 77.9 cm³/mol. The van der Waals surface area contributed by atoms with Crippen molar-refractivity contribution in [2.75, 3.05) is 5.32 Å². The Morgan fingerprint density at radius 3 is 2.84 bits per heavy atom. The Labute approximate surface area is 117 Å². The third-order valence-electron chi connectivity index (χ3n) is 2.74. The molecule has 2 aromatic rings. The fraction of sp³-hybridized carbons (Fsp3) is 0.333. The zero-order valence-electron chi connectivity index (χ0n) is 11.1. The molecule has 3 N–H and O–H groups in total. The van der Waals surface area contributed by atoms with Crippen LogP contribution in [-0.2, 0) is 13.6 Å². The first-order chi connectivity index (χ1) is 8.99. The highest BCUT2D eigenvalue weighted by Gasteiger charge is 2.15. The molecule has 19 heavy (non-hydrogen) atoms. The van der Waals surface area contributed by atoms with Crippen LogP contribution in [0.5, 0.6) is 0 Å². The van der Waals surface area contributed by atoms with Crippen molar-refractivity contribution in [3.63, 3.8) is 0 Å². The Hall–Kier alpha value is -2.02. The quantitative estimate of drug-likeness (QED) is 0.813. The van der Waals surface area contributed by atoms with Crippen molar-refractivity contribution < 1.29 is 0 Å². The molecule has 0 saturated carbocycles. The van der Waals surface area contributed by atoms with Gasteiger partial charge in [-0.05, 0) is 19.9 Å². The van der Waals surface area contributed by atoms with Crippen molar-refractivity contribution in [3.05, 3.63) is 35.0 Å². The summed E-state index contributed by atoms with van der Waals surface area (Å²) in [5, 5.41) is 7.59. The van der Waals surface area contributed by atoms with E-state index in [0.717, 1.165) is 28.6 Å². The van der Waals surface area contributed by atoms with Crippen molar-refractivity contribution >= 4 is 23.0 Å². The molecule has 0 bridgehead atoms. The van der Waals surface area contributed by atoms with Crippen LogP contribution in [0, 0.1) is 13.8 Å². The molecule has 0 unspecified atom stereocenters. The van der Waals surface area contributed by atoms with Crippen LogP contribution < -0.4 is 11.1 Å². The van der Waals surface area contributed by atoms with Gasteiger partial charge in [0, 0.05) is 13.2 Å². The third-order valence-corrected chi connectivity index (χ3v) is 2.94. The lowest BCUT2D eigenvalue weighted by Crippen LogP contribution is -2.15. The molecule has 2 rings (SSSR count). The SMILES string of the molecule is Cc1nccc(CNc2c(C(N)=S)c(C)nn2C)n1. The fourth-order valence-electron chi connectivity index (χ4n) is 1.93. The van der Waals surface area contributed by atoms with Gasteiger partial charge >= 0.3 is 0 Å². The van der Waals surface area contributed by atoms with Gasteiger partial charge in [-0.1, -0.05) is 12.2 Å². The molecule has 2 aromatic heterocycles. The number of hydrogen-bond acceptors (Lipinski definition) is 5. The molecule has 7 heteroatoms. The molecule has 0 aliphatic heterocycles. The summed E-state index contributed by atoms with van der Waals surface area (Å²) >= 11 is 5.06. The molecule has 0 atom stereocenters. The summed E-state index contributed by atoms with van der Waals surface area (Å²) in [5.74, 6) is 1.55. The summed E-state index contributed by atoms with van der Waals surface area (Å²) < 4.78 is 1.73. The average Bonchev–Trinajstić information content (AvgIpc) is 2.61. The normalized spacial score (nSPS) is 10.5. The maximum absolute atomic E-state index is 5.73. The molecule has 0 spiro atoms. The maximum Gasteiger partial charge on any atom is 0.134 e. The van der Waals surface area contributed by atoms with E-state index >= 15 is 0 Å². The molecule has 0 aliphatic rings. The van der Waals surface area contributed by atoms with Gasteiger partial charge in [-0.25, -0.2) is 9.97 Å². The highest BCUT2D eigenvalue weighted by atomic mass is 32.1.